The van der Waals surface area contributed by atoms with Crippen LogP contribution in [0.2, 0.25) is 0 Å². The SMILES string of the molecule is CCn1c(=NC(=O)C2CCCN(S(C)(=O)=O)C2)sc2cc(C)c(C)cc21. The molecular weight excluding hydrogens is 370 g/mol. The summed E-state index contributed by atoms with van der Waals surface area (Å²) in [7, 11) is -3.27. The maximum atomic E-state index is 12.7. The number of carbonyl (C=O) groups is 1. The lowest BCUT2D eigenvalue weighted by Crippen LogP contribution is -2.41. The summed E-state index contributed by atoms with van der Waals surface area (Å²) in [6.45, 7) is 7.64. The number of piperidine rings is 1. The van der Waals surface area contributed by atoms with Crippen molar-refractivity contribution in [2.75, 3.05) is 19.3 Å². The van der Waals surface area contributed by atoms with E-state index in [4.69, 9.17) is 0 Å². The Labute approximate surface area is 158 Å². The molecule has 1 aromatic heterocycles. The first-order valence-electron chi connectivity index (χ1n) is 8.85. The second kappa shape index (κ2) is 7.25. The van der Waals surface area contributed by atoms with Crippen LogP contribution in [0.3, 0.4) is 0 Å². The predicted octanol–water partition coefficient (Wildman–Crippen LogP) is 2.44. The zero-order valence-electron chi connectivity index (χ0n) is 15.7. The van der Waals surface area contributed by atoms with E-state index in [0.29, 0.717) is 24.2 Å². The normalized spacial score (nSPS) is 20.0. The number of sulfonamides is 1. The summed E-state index contributed by atoms with van der Waals surface area (Å²) in [5.74, 6) is -0.585. The van der Waals surface area contributed by atoms with Crippen molar-refractivity contribution in [3.05, 3.63) is 28.1 Å². The number of amides is 1. The van der Waals surface area contributed by atoms with Gasteiger partial charge in [0.05, 0.1) is 22.4 Å². The van der Waals surface area contributed by atoms with Gasteiger partial charge in [0.25, 0.3) is 5.91 Å². The molecule has 1 saturated heterocycles. The Morgan fingerprint density at radius 3 is 2.65 bits per heavy atom. The Hall–Kier alpha value is -1.51. The number of hydrogen-bond acceptors (Lipinski definition) is 4. The molecule has 1 fully saturated rings. The smallest absolute Gasteiger partial charge is 0.252 e. The van der Waals surface area contributed by atoms with Crippen LogP contribution >= 0.6 is 11.3 Å². The van der Waals surface area contributed by atoms with Crippen LogP contribution in [0.4, 0.5) is 0 Å². The summed E-state index contributed by atoms with van der Waals surface area (Å²) in [6.07, 6.45) is 2.57. The quantitative estimate of drug-likeness (QED) is 0.801. The van der Waals surface area contributed by atoms with Crippen molar-refractivity contribution in [2.24, 2.45) is 10.9 Å². The first-order chi connectivity index (χ1) is 12.2. The topological polar surface area (TPSA) is 71.7 Å². The van der Waals surface area contributed by atoms with Crippen LogP contribution in [0.1, 0.15) is 30.9 Å². The van der Waals surface area contributed by atoms with Crippen LogP contribution in [0, 0.1) is 19.8 Å². The Bertz CT molecular complexity index is 1020. The highest BCUT2D eigenvalue weighted by atomic mass is 32.2. The maximum Gasteiger partial charge on any atom is 0.252 e. The van der Waals surface area contributed by atoms with E-state index in [1.165, 1.54) is 33.0 Å². The predicted molar refractivity (Wildman–Crippen MR) is 105 cm³/mol. The molecule has 26 heavy (non-hydrogen) atoms. The first kappa shape index (κ1) is 19.3. The third kappa shape index (κ3) is 3.77. The van der Waals surface area contributed by atoms with Gasteiger partial charge >= 0.3 is 0 Å². The fraction of sp³-hybridized carbons (Fsp3) is 0.556. The number of aryl methyl sites for hydroxylation is 3. The summed E-state index contributed by atoms with van der Waals surface area (Å²) in [6, 6.07) is 4.27. The minimum atomic E-state index is -3.27. The molecule has 0 saturated carbocycles. The van der Waals surface area contributed by atoms with E-state index in [-0.39, 0.29) is 18.4 Å². The van der Waals surface area contributed by atoms with Crippen LogP contribution in [0.25, 0.3) is 10.2 Å². The van der Waals surface area contributed by atoms with Crippen LogP contribution in [0.5, 0.6) is 0 Å². The Morgan fingerprint density at radius 2 is 2.00 bits per heavy atom. The molecule has 0 bridgehead atoms. The third-order valence-corrected chi connectivity index (χ3v) is 7.33. The molecule has 0 radical (unpaired) electrons. The lowest BCUT2D eigenvalue weighted by molar-refractivity contribution is -0.122. The van der Waals surface area contributed by atoms with Gasteiger partial charge in [-0.05, 0) is 56.9 Å². The lowest BCUT2D eigenvalue weighted by Gasteiger charge is -2.28. The van der Waals surface area contributed by atoms with E-state index in [1.54, 1.807) is 0 Å². The average Bonchev–Trinajstić information content (AvgIpc) is 2.90. The molecule has 1 atom stereocenters. The zero-order chi connectivity index (χ0) is 19.1. The number of fused-ring (bicyclic) bond motifs is 1. The van der Waals surface area contributed by atoms with Gasteiger partial charge in [0.2, 0.25) is 10.0 Å². The third-order valence-electron chi connectivity index (χ3n) is 5.02. The number of nitrogens with zero attached hydrogens (tertiary/aromatic N) is 3. The second-order valence-corrected chi connectivity index (χ2v) is 9.93. The molecule has 8 heteroatoms. The fourth-order valence-corrected chi connectivity index (χ4v) is 5.43. The van der Waals surface area contributed by atoms with E-state index in [2.05, 4.69) is 35.5 Å². The Kier molecular flexibility index (Phi) is 5.37. The molecule has 2 heterocycles. The van der Waals surface area contributed by atoms with E-state index >= 15 is 0 Å². The van der Waals surface area contributed by atoms with Gasteiger partial charge in [-0.15, -0.1) is 0 Å². The van der Waals surface area contributed by atoms with Crippen LogP contribution < -0.4 is 4.80 Å². The molecule has 0 N–H and O–H groups in total. The summed E-state index contributed by atoms with van der Waals surface area (Å²) < 4.78 is 28.1. The fourth-order valence-electron chi connectivity index (χ4n) is 3.34. The molecule has 2 aromatic rings. The molecule has 1 aliphatic rings. The van der Waals surface area contributed by atoms with E-state index in [1.807, 2.05) is 6.92 Å². The number of hydrogen-bond donors (Lipinski definition) is 0. The van der Waals surface area contributed by atoms with Crippen molar-refractivity contribution in [1.29, 1.82) is 0 Å². The van der Waals surface area contributed by atoms with Crippen LogP contribution in [0.15, 0.2) is 17.1 Å². The number of aromatic nitrogens is 1. The van der Waals surface area contributed by atoms with E-state index < -0.39 is 10.0 Å². The molecule has 3 rings (SSSR count). The molecule has 1 unspecified atom stereocenters. The number of carbonyl (C=O) groups excluding carboxylic acids is 1. The molecular formula is C18H25N3O3S2. The van der Waals surface area contributed by atoms with Gasteiger partial charge in [-0.3, -0.25) is 4.79 Å². The summed E-state index contributed by atoms with van der Waals surface area (Å²) in [4.78, 5) is 17.8. The van der Waals surface area contributed by atoms with Gasteiger partial charge in [-0.25, -0.2) is 12.7 Å². The highest BCUT2D eigenvalue weighted by Gasteiger charge is 2.30. The molecule has 142 valence electrons. The summed E-state index contributed by atoms with van der Waals surface area (Å²) >= 11 is 1.51. The Balaban J connectivity index is 1.97. The van der Waals surface area contributed by atoms with Crippen molar-refractivity contribution in [1.82, 2.24) is 8.87 Å². The maximum absolute atomic E-state index is 12.7. The van der Waals surface area contributed by atoms with Gasteiger partial charge in [-0.1, -0.05) is 11.3 Å². The molecule has 0 spiro atoms. The molecule has 0 aliphatic carbocycles. The minimum Gasteiger partial charge on any atom is -0.317 e. The molecule has 1 aromatic carbocycles. The number of rotatable bonds is 3. The summed E-state index contributed by atoms with van der Waals surface area (Å²) in [5.41, 5.74) is 3.52. The highest BCUT2D eigenvalue weighted by Crippen LogP contribution is 2.23. The second-order valence-electron chi connectivity index (χ2n) is 6.94. The monoisotopic (exact) mass is 395 g/mol. The molecule has 1 aliphatic heterocycles. The summed E-state index contributed by atoms with van der Waals surface area (Å²) in [5, 5.41) is 0. The highest BCUT2D eigenvalue weighted by molar-refractivity contribution is 7.88. The minimum absolute atomic E-state index is 0.222. The largest absolute Gasteiger partial charge is 0.317 e. The molecule has 1 amide bonds. The van der Waals surface area contributed by atoms with Gasteiger partial charge < -0.3 is 4.57 Å². The number of benzene rings is 1. The van der Waals surface area contributed by atoms with Gasteiger partial charge in [0, 0.05) is 19.6 Å². The lowest BCUT2D eigenvalue weighted by atomic mass is 9.99. The van der Waals surface area contributed by atoms with E-state index in [9.17, 15) is 13.2 Å². The van der Waals surface area contributed by atoms with Crippen molar-refractivity contribution in [2.45, 2.75) is 40.2 Å². The van der Waals surface area contributed by atoms with Crippen LogP contribution in [-0.2, 0) is 21.4 Å². The van der Waals surface area contributed by atoms with Gasteiger partial charge in [-0.2, -0.15) is 4.99 Å². The standard InChI is InChI=1S/C18H25N3O3S2/c1-5-21-15-9-12(2)13(3)10-16(15)25-18(21)19-17(22)14-7-6-8-20(11-14)26(4,23)24/h9-10,14H,5-8,11H2,1-4H3. The average molecular weight is 396 g/mol. The van der Waals surface area contributed by atoms with Gasteiger partial charge in [0.1, 0.15) is 0 Å². The van der Waals surface area contributed by atoms with Crippen molar-refractivity contribution in [3.8, 4) is 0 Å². The zero-order valence-corrected chi connectivity index (χ0v) is 17.3. The van der Waals surface area contributed by atoms with Gasteiger partial charge in [0.15, 0.2) is 4.80 Å². The van der Waals surface area contributed by atoms with E-state index in [0.717, 1.165) is 16.8 Å². The first-order valence-corrected chi connectivity index (χ1v) is 11.5. The Morgan fingerprint density at radius 1 is 1.31 bits per heavy atom. The van der Waals surface area contributed by atoms with Crippen molar-refractivity contribution < 1.29 is 13.2 Å². The van der Waals surface area contributed by atoms with Crippen molar-refractivity contribution in [3.63, 3.8) is 0 Å². The van der Waals surface area contributed by atoms with Crippen LogP contribution in [-0.4, -0.2) is 42.5 Å². The number of thiazole rings is 1. The van der Waals surface area contributed by atoms with Crippen molar-refractivity contribution >= 4 is 37.5 Å². The molecule has 6 nitrogen and oxygen atoms in total.